The number of phenolic OH excluding ortho intramolecular Hbond substituents is 1. The Morgan fingerprint density at radius 3 is 2.79 bits per heavy atom. The Labute approximate surface area is 80.8 Å². The van der Waals surface area contributed by atoms with Crippen LogP contribution >= 0.6 is 0 Å². The van der Waals surface area contributed by atoms with Crippen LogP contribution in [0.15, 0.2) is 30.5 Å². The largest absolute Gasteiger partial charge is 0.506 e. The fraction of sp³-hybridized carbons (Fsp3) is 0.111. The van der Waals surface area contributed by atoms with Crippen LogP contribution in [0.25, 0.3) is 5.69 Å². The first-order chi connectivity index (χ1) is 6.81. The summed E-state index contributed by atoms with van der Waals surface area (Å²) in [5.74, 6) is 0.168. The molecule has 0 unspecified atom stereocenters. The van der Waals surface area contributed by atoms with Crippen LogP contribution in [0.3, 0.4) is 0 Å². The number of para-hydroxylation sites is 2. The van der Waals surface area contributed by atoms with E-state index in [9.17, 15) is 5.11 Å². The molecule has 0 amide bonds. The molecule has 0 aliphatic rings. The highest BCUT2D eigenvalue weighted by Crippen LogP contribution is 2.19. The van der Waals surface area contributed by atoms with Crippen LogP contribution in [0.1, 0.15) is 5.69 Å². The van der Waals surface area contributed by atoms with Gasteiger partial charge in [-0.05, 0) is 12.1 Å². The van der Waals surface area contributed by atoms with Crippen LogP contribution in [-0.4, -0.2) is 20.1 Å². The van der Waals surface area contributed by atoms with Crippen molar-refractivity contribution in [1.82, 2.24) is 15.0 Å². The van der Waals surface area contributed by atoms with Gasteiger partial charge in [0.2, 0.25) is 0 Å². The number of nitrogens with two attached hydrogens (primary N) is 1. The molecule has 0 saturated carbocycles. The zero-order valence-corrected chi connectivity index (χ0v) is 7.46. The molecular weight excluding hydrogens is 180 g/mol. The third-order valence-corrected chi connectivity index (χ3v) is 1.88. The fourth-order valence-corrected chi connectivity index (χ4v) is 1.17. The van der Waals surface area contributed by atoms with E-state index in [4.69, 9.17) is 5.73 Å². The minimum Gasteiger partial charge on any atom is -0.506 e. The molecule has 0 saturated heterocycles. The van der Waals surface area contributed by atoms with Crippen molar-refractivity contribution in [2.24, 2.45) is 5.73 Å². The van der Waals surface area contributed by atoms with Crippen molar-refractivity contribution in [3.05, 3.63) is 36.2 Å². The topological polar surface area (TPSA) is 77.0 Å². The molecule has 1 heterocycles. The predicted octanol–water partition coefficient (Wildman–Crippen LogP) is 0.432. The first-order valence-electron chi connectivity index (χ1n) is 4.21. The van der Waals surface area contributed by atoms with Crippen LogP contribution in [0.4, 0.5) is 0 Å². The highest BCUT2D eigenvalue weighted by molar-refractivity contribution is 5.44. The fourth-order valence-electron chi connectivity index (χ4n) is 1.17. The van der Waals surface area contributed by atoms with E-state index in [1.165, 1.54) is 4.68 Å². The predicted molar refractivity (Wildman–Crippen MR) is 50.9 cm³/mol. The Morgan fingerprint density at radius 2 is 2.14 bits per heavy atom. The highest BCUT2D eigenvalue weighted by atomic mass is 16.3. The number of hydrogen-bond donors (Lipinski definition) is 2. The third kappa shape index (κ3) is 1.45. The number of nitrogens with zero attached hydrogens (tertiary/aromatic N) is 3. The van der Waals surface area contributed by atoms with Crippen molar-refractivity contribution < 1.29 is 5.11 Å². The minimum atomic E-state index is 0.168. The molecule has 5 nitrogen and oxygen atoms in total. The van der Waals surface area contributed by atoms with Gasteiger partial charge < -0.3 is 10.8 Å². The van der Waals surface area contributed by atoms with Gasteiger partial charge in [0.05, 0.1) is 11.9 Å². The van der Waals surface area contributed by atoms with Gasteiger partial charge in [0.1, 0.15) is 11.4 Å². The summed E-state index contributed by atoms with van der Waals surface area (Å²) in [4.78, 5) is 0. The molecule has 2 aromatic rings. The quantitative estimate of drug-likeness (QED) is 0.720. The lowest BCUT2D eigenvalue weighted by molar-refractivity contribution is 0.470. The van der Waals surface area contributed by atoms with E-state index in [1.54, 1.807) is 24.4 Å². The summed E-state index contributed by atoms with van der Waals surface area (Å²) in [5, 5.41) is 17.2. The number of aromatic hydroxyl groups is 1. The van der Waals surface area contributed by atoms with Crippen LogP contribution in [0.2, 0.25) is 0 Å². The Kier molecular flexibility index (Phi) is 2.16. The lowest BCUT2D eigenvalue weighted by atomic mass is 10.3. The minimum absolute atomic E-state index is 0.168. The molecule has 0 bridgehead atoms. The third-order valence-electron chi connectivity index (χ3n) is 1.88. The summed E-state index contributed by atoms with van der Waals surface area (Å²) >= 11 is 0. The van der Waals surface area contributed by atoms with Crippen LogP contribution in [-0.2, 0) is 6.54 Å². The lowest BCUT2D eigenvalue weighted by Gasteiger charge is -2.01. The van der Waals surface area contributed by atoms with E-state index in [-0.39, 0.29) is 5.75 Å². The van der Waals surface area contributed by atoms with Crippen LogP contribution < -0.4 is 5.73 Å². The molecule has 0 fully saturated rings. The van der Waals surface area contributed by atoms with Crippen molar-refractivity contribution in [2.75, 3.05) is 0 Å². The van der Waals surface area contributed by atoms with E-state index < -0.39 is 0 Å². The van der Waals surface area contributed by atoms with Gasteiger partial charge in [0.15, 0.2) is 0 Å². The zero-order valence-electron chi connectivity index (χ0n) is 7.46. The van der Waals surface area contributed by atoms with Gasteiger partial charge in [-0.25, -0.2) is 4.68 Å². The van der Waals surface area contributed by atoms with E-state index in [1.807, 2.05) is 6.07 Å². The summed E-state index contributed by atoms with van der Waals surface area (Å²) in [6, 6.07) is 6.92. The summed E-state index contributed by atoms with van der Waals surface area (Å²) in [5.41, 5.74) is 6.69. The van der Waals surface area contributed by atoms with Gasteiger partial charge in [-0.2, -0.15) is 0 Å². The molecule has 1 aromatic heterocycles. The summed E-state index contributed by atoms with van der Waals surface area (Å²) in [6.07, 6.45) is 1.69. The molecule has 14 heavy (non-hydrogen) atoms. The van der Waals surface area contributed by atoms with Gasteiger partial charge in [-0.3, -0.25) is 0 Å². The Bertz CT molecular complexity index is 438. The SMILES string of the molecule is NCc1cn(-c2ccccc2O)nn1. The molecular formula is C9H10N4O. The maximum Gasteiger partial charge on any atom is 0.141 e. The molecule has 2 rings (SSSR count). The van der Waals surface area contributed by atoms with E-state index in [0.717, 1.165) is 0 Å². The Hall–Kier alpha value is -1.88. The number of hydrogen-bond acceptors (Lipinski definition) is 4. The normalized spacial score (nSPS) is 10.4. The molecule has 0 radical (unpaired) electrons. The molecule has 1 aromatic carbocycles. The molecule has 0 aliphatic heterocycles. The number of aromatic nitrogens is 3. The second-order valence-electron chi connectivity index (χ2n) is 2.85. The van der Waals surface area contributed by atoms with Crippen molar-refractivity contribution in [3.8, 4) is 11.4 Å². The van der Waals surface area contributed by atoms with E-state index in [2.05, 4.69) is 10.3 Å². The number of benzene rings is 1. The molecule has 0 spiro atoms. The van der Waals surface area contributed by atoms with Gasteiger partial charge in [-0.1, -0.05) is 17.3 Å². The highest BCUT2D eigenvalue weighted by Gasteiger charge is 2.04. The summed E-state index contributed by atoms with van der Waals surface area (Å²) < 4.78 is 1.50. The van der Waals surface area contributed by atoms with Gasteiger partial charge in [0.25, 0.3) is 0 Å². The Morgan fingerprint density at radius 1 is 1.36 bits per heavy atom. The summed E-state index contributed by atoms with van der Waals surface area (Å²) in [7, 11) is 0. The average molecular weight is 190 g/mol. The molecule has 0 atom stereocenters. The molecule has 3 N–H and O–H groups in total. The second-order valence-corrected chi connectivity index (χ2v) is 2.85. The van der Waals surface area contributed by atoms with E-state index in [0.29, 0.717) is 17.9 Å². The molecule has 0 aliphatic carbocycles. The van der Waals surface area contributed by atoms with Crippen molar-refractivity contribution >= 4 is 0 Å². The second kappa shape index (κ2) is 3.47. The van der Waals surface area contributed by atoms with Gasteiger partial charge >= 0.3 is 0 Å². The molecule has 72 valence electrons. The van der Waals surface area contributed by atoms with Crippen LogP contribution in [0, 0.1) is 0 Å². The maximum absolute atomic E-state index is 9.53. The standard InChI is InChI=1S/C9H10N4O/c10-5-7-6-13(12-11-7)8-3-1-2-4-9(8)14/h1-4,6,14H,5,10H2. The first-order valence-corrected chi connectivity index (χ1v) is 4.21. The average Bonchev–Trinajstić information content (AvgIpc) is 2.67. The van der Waals surface area contributed by atoms with E-state index >= 15 is 0 Å². The van der Waals surface area contributed by atoms with Gasteiger partial charge in [0, 0.05) is 6.54 Å². The van der Waals surface area contributed by atoms with Crippen molar-refractivity contribution in [1.29, 1.82) is 0 Å². The van der Waals surface area contributed by atoms with Gasteiger partial charge in [-0.15, -0.1) is 5.10 Å². The number of rotatable bonds is 2. The van der Waals surface area contributed by atoms with Crippen LogP contribution in [0.5, 0.6) is 5.75 Å². The van der Waals surface area contributed by atoms with Crippen molar-refractivity contribution in [3.63, 3.8) is 0 Å². The lowest BCUT2D eigenvalue weighted by Crippen LogP contribution is -1.96. The summed E-state index contributed by atoms with van der Waals surface area (Å²) in [6.45, 7) is 0.341. The molecule has 5 heteroatoms. The number of phenols is 1. The Balaban J connectivity index is 2.44. The maximum atomic E-state index is 9.53. The smallest absolute Gasteiger partial charge is 0.141 e. The first kappa shape index (κ1) is 8.71. The monoisotopic (exact) mass is 190 g/mol. The van der Waals surface area contributed by atoms with Crippen molar-refractivity contribution in [2.45, 2.75) is 6.54 Å². The zero-order chi connectivity index (χ0) is 9.97.